The average Bonchev–Trinajstić information content (AvgIpc) is 2.53. The summed E-state index contributed by atoms with van der Waals surface area (Å²) in [4.78, 5) is 24.1. The summed E-state index contributed by atoms with van der Waals surface area (Å²) in [5.74, 6) is -1.85. The summed E-state index contributed by atoms with van der Waals surface area (Å²) in [7, 11) is -4.73. The van der Waals surface area contributed by atoms with Crippen LogP contribution in [0.2, 0.25) is 0 Å². The van der Waals surface area contributed by atoms with Crippen molar-refractivity contribution >= 4 is 73.4 Å². The molecule has 0 aromatic rings. The Morgan fingerprint density at radius 1 is 0.880 bits per heavy atom. The third-order valence-electron chi connectivity index (χ3n) is 4.66. The Kier molecular flexibility index (Phi) is 10.7. The summed E-state index contributed by atoms with van der Waals surface area (Å²) in [6.07, 6.45) is 7.46. The van der Waals surface area contributed by atoms with Crippen LogP contribution in [0, 0.1) is 0 Å². The number of rotatable bonds is 6. The van der Waals surface area contributed by atoms with Crippen molar-refractivity contribution < 1.29 is 32.0 Å². The van der Waals surface area contributed by atoms with Gasteiger partial charge in [-0.2, -0.15) is 8.42 Å². The standard InChI is InChI=1S/C16H26O7S.K/c17-15(22-12-7-3-1-4-8-12)11-14(24(19,20)21)16(18)23-13-9-5-2-6-10-13;/h12-14H,1-11H2,(H,19,20,21);. The zero-order chi connectivity index (χ0) is 17.6. The third-order valence-corrected chi connectivity index (χ3v) is 5.74. The minimum atomic E-state index is -4.73. The largest absolute Gasteiger partial charge is 0.462 e. The van der Waals surface area contributed by atoms with E-state index < -0.39 is 33.7 Å². The fraction of sp³-hybridized carbons (Fsp3) is 0.875. The van der Waals surface area contributed by atoms with Crippen molar-refractivity contribution in [2.24, 2.45) is 0 Å². The van der Waals surface area contributed by atoms with E-state index in [4.69, 9.17) is 9.47 Å². The van der Waals surface area contributed by atoms with Gasteiger partial charge in [-0.15, -0.1) is 0 Å². The molecule has 0 aromatic heterocycles. The van der Waals surface area contributed by atoms with Crippen LogP contribution >= 0.6 is 0 Å². The molecule has 1 unspecified atom stereocenters. The zero-order valence-electron chi connectivity index (χ0n) is 14.8. The Balaban J connectivity index is 0.00000312. The van der Waals surface area contributed by atoms with Crippen molar-refractivity contribution in [1.29, 1.82) is 0 Å². The molecule has 0 aliphatic heterocycles. The molecule has 2 aliphatic carbocycles. The van der Waals surface area contributed by atoms with Crippen molar-refractivity contribution in [1.82, 2.24) is 0 Å². The van der Waals surface area contributed by atoms with E-state index in [0.717, 1.165) is 51.4 Å². The molecular weight excluding hydrogens is 375 g/mol. The van der Waals surface area contributed by atoms with E-state index in [9.17, 15) is 22.6 Å². The van der Waals surface area contributed by atoms with Gasteiger partial charge in [0, 0.05) is 51.4 Å². The van der Waals surface area contributed by atoms with Crippen molar-refractivity contribution in [3.8, 4) is 0 Å². The fourth-order valence-corrected chi connectivity index (χ4v) is 3.95. The van der Waals surface area contributed by atoms with Gasteiger partial charge in [0.25, 0.3) is 10.1 Å². The monoisotopic (exact) mass is 401 g/mol. The number of esters is 2. The summed E-state index contributed by atoms with van der Waals surface area (Å²) in [5.41, 5.74) is 0. The summed E-state index contributed by atoms with van der Waals surface area (Å²) in [5, 5.41) is -1.91. The minimum absolute atomic E-state index is 0. The Morgan fingerprint density at radius 2 is 1.32 bits per heavy atom. The van der Waals surface area contributed by atoms with Gasteiger partial charge >= 0.3 is 11.9 Å². The third kappa shape index (κ3) is 8.36. The predicted octanol–water partition coefficient (Wildman–Crippen LogP) is 2.00. The molecule has 7 nitrogen and oxygen atoms in total. The molecule has 2 rings (SSSR count). The van der Waals surface area contributed by atoms with E-state index in [1.165, 1.54) is 0 Å². The van der Waals surface area contributed by atoms with Crippen molar-refractivity contribution in [2.75, 3.05) is 0 Å². The molecule has 1 atom stereocenters. The minimum Gasteiger partial charge on any atom is -0.462 e. The maximum absolute atomic E-state index is 12.1. The topological polar surface area (TPSA) is 107 Å². The van der Waals surface area contributed by atoms with Gasteiger partial charge in [-0.3, -0.25) is 14.1 Å². The molecule has 0 bridgehead atoms. The van der Waals surface area contributed by atoms with Gasteiger partial charge in [0.2, 0.25) is 0 Å². The van der Waals surface area contributed by atoms with Crippen molar-refractivity contribution in [3.05, 3.63) is 0 Å². The molecule has 139 valence electrons. The zero-order valence-corrected chi connectivity index (χ0v) is 18.8. The average molecular weight is 402 g/mol. The number of hydrogen-bond acceptors (Lipinski definition) is 6. The second-order valence-electron chi connectivity index (χ2n) is 6.65. The fourth-order valence-electron chi connectivity index (χ4n) is 3.30. The predicted molar refractivity (Wildman–Crippen MR) is 91.6 cm³/mol. The Morgan fingerprint density at radius 3 is 1.76 bits per heavy atom. The molecule has 0 aromatic carbocycles. The smallest absolute Gasteiger partial charge is 0.327 e. The maximum Gasteiger partial charge on any atom is 0.327 e. The van der Waals surface area contributed by atoms with Gasteiger partial charge in [-0.05, 0) is 51.4 Å². The summed E-state index contributed by atoms with van der Waals surface area (Å²) >= 11 is 0. The van der Waals surface area contributed by atoms with E-state index in [1.807, 2.05) is 0 Å². The van der Waals surface area contributed by atoms with Gasteiger partial charge in [-0.1, -0.05) is 12.8 Å². The second kappa shape index (κ2) is 11.4. The molecule has 1 radical (unpaired) electrons. The molecule has 2 fully saturated rings. The number of carbonyl (C=O) groups is 2. The molecule has 0 amide bonds. The molecule has 25 heavy (non-hydrogen) atoms. The van der Waals surface area contributed by atoms with Crippen LogP contribution in [0.3, 0.4) is 0 Å². The van der Waals surface area contributed by atoms with Gasteiger partial charge in [0.15, 0.2) is 5.25 Å². The van der Waals surface area contributed by atoms with Gasteiger partial charge in [0.05, 0.1) is 6.42 Å². The SMILES string of the molecule is O=C(CC(C(=O)OC1CCCCC1)S(=O)(=O)O)OC1CCCCC1.[K]. The molecule has 1 N–H and O–H groups in total. The van der Waals surface area contributed by atoms with E-state index in [-0.39, 0.29) is 63.6 Å². The van der Waals surface area contributed by atoms with Crippen LogP contribution in [-0.2, 0) is 29.2 Å². The van der Waals surface area contributed by atoms with Crippen LogP contribution in [0.1, 0.15) is 70.6 Å². The summed E-state index contributed by atoms with van der Waals surface area (Å²) in [6, 6.07) is 0. The van der Waals surface area contributed by atoms with Crippen LogP contribution in [-0.4, -0.2) is 93.8 Å². The van der Waals surface area contributed by atoms with E-state index in [2.05, 4.69) is 0 Å². The quantitative estimate of drug-likeness (QED) is 0.412. The van der Waals surface area contributed by atoms with E-state index in [0.29, 0.717) is 12.8 Å². The normalized spacial score (nSPS) is 21.0. The van der Waals surface area contributed by atoms with E-state index >= 15 is 0 Å². The molecule has 0 heterocycles. The van der Waals surface area contributed by atoms with Crippen LogP contribution in [0.25, 0.3) is 0 Å². The molecular formula is C16H26KO7S. The molecule has 2 aliphatic rings. The van der Waals surface area contributed by atoms with Crippen LogP contribution in [0.15, 0.2) is 0 Å². The molecule has 9 heteroatoms. The number of ether oxygens (including phenoxy) is 2. The maximum atomic E-state index is 12.1. The summed E-state index contributed by atoms with van der Waals surface area (Å²) < 4.78 is 42.7. The number of carbonyl (C=O) groups excluding carboxylic acids is 2. The van der Waals surface area contributed by atoms with Crippen molar-refractivity contribution in [3.63, 3.8) is 0 Å². The molecule has 2 saturated carbocycles. The Bertz CT molecular complexity index is 537. The number of hydrogen-bond donors (Lipinski definition) is 1. The molecule has 0 saturated heterocycles. The second-order valence-corrected chi connectivity index (χ2v) is 8.25. The van der Waals surface area contributed by atoms with Gasteiger partial charge in [-0.25, -0.2) is 0 Å². The van der Waals surface area contributed by atoms with Gasteiger partial charge in [0.1, 0.15) is 12.2 Å². The van der Waals surface area contributed by atoms with Crippen molar-refractivity contribution in [2.45, 2.75) is 88.1 Å². The van der Waals surface area contributed by atoms with Crippen LogP contribution < -0.4 is 0 Å². The Labute approximate surface area is 191 Å². The van der Waals surface area contributed by atoms with Gasteiger partial charge < -0.3 is 9.47 Å². The van der Waals surface area contributed by atoms with E-state index in [1.54, 1.807) is 0 Å². The Hall–Kier alpha value is 0.486. The van der Waals surface area contributed by atoms with Crippen LogP contribution in [0.4, 0.5) is 0 Å². The molecule has 0 spiro atoms. The first-order chi connectivity index (χ1) is 11.4. The summed E-state index contributed by atoms with van der Waals surface area (Å²) in [6.45, 7) is 0. The first kappa shape index (κ1) is 23.5. The first-order valence-corrected chi connectivity index (χ1v) is 10.2. The first-order valence-electron chi connectivity index (χ1n) is 8.72. The van der Waals surface area contributed by atoms with Crippen LogP contribution in [0.5, 0.6) is 0 Å².